The van der Waals surface area contributed by atoms with Crippen LogP contribution in [0.15, 0.2) is 21.7 Å². The van der Waals surface area contributed by atoms with Crippen molar-refractivity contribution in [3.05, 3.63) is 17.5 Å². The van der Waals surface area contributed by atoms with Gasteiger partial charge in [-0.1, -0.05) is 6.07 Å². The minimum absolute atomic E-state index is 0.358. The Balaban J connectivity index is 2.47. The summed E-state index contributed by atoms with van der Waals surface area (Å²) in [6.07, 6.45) is -0.358. The summed E-state index contributed by atoms with van der Waals surface area (Å²) in [5, 5.41) is 1.92. The normalized spacial score (nSPS) is 13.3. The molecule has 0 aliphatic heterocycles. The smallest absolute Gasteiger partial charge is 0.169 e. The van der Waals surface area contributed by atoms with Gasteiger partial charge >= 0.3 is 0 Å². The van der Waals surface area contributed by atoms with Gasteiger partial charge in [-0.05, 0) is 25.3 Å². The Hall–Kier alpha value is -0.230. The van der Waals surface area contributed by atoms with Crippen LogP contribution in [0.2, 0.25) is 0 Å². The fraction of sp³-hybridized carbons (Fsp3) is 0.600. The van der Waals surface area contributed by atoms with Crippen LogP contribution < -0.4 is 0 Å². The minimum atomic E-state index is -1.02. The highest BCUT2D eigenvalue weighted by atomic mass is 32.2. The third-order valence-electron chi connectivity index (χ3n) is 1.71. The van der Waals surface area contributed by atoms with E-state index in [4.69, 9.17) is 9.47 Å². The molecule has 1 atom stereocenters. The lowest BCUT2D eigenvalue weighted by Gasteiger charge is -2.15. The van der Waals surface area contributed by atoms with E-state index in [9.17, 15) is 4.21 Å². The molecule has 0 aliphatic rings. The first-order chi connectivity index (χ1) is 7.27. The maximum Gasteiger partial charge on any atom is 0.169 e. The topological polar surface area (TPSA) is 35.5 Å². The van der Waals surface area contributed by atoms with E-state index in [0.29, 0.717) is 19.0 Å². The molecule has 0 aliphatic carbocycles. The van der Waals surface area contributed by atoms with Crippen molar-refractivity contribution >= 4 is 22.1 Å². The van der Waals surface area contributed by atoms with Gasteiger partial charge in [0.25, 0.3) is 0 Å². The Morgan fingerprint density at radius 3 is 2.53 bits per heavy atom. The van der Waals surface area contributed by atoms with Crippen LogP contribution in [0.4, 0.5) is 0 Å². The van der Waals surface area contributed by atoms with E-state index in [-0.39, 0.29) is 6.29 Å². The van der Waals surface area contributed by atoms with E-state index >= 15 is 0 Å². The van der Waals surface area contributed by atoms with Crippen molar-refractivity contribution in [2.75, 3.05) is 19.0 Å². The van der Waals surface area contributed by atoms with Crippen molar-refractivity contribution in [3.63, 3.8) is 0 Å². The van der Waals surface area contributed by atoms with Gasteiger partial charge in [0.2, 0.25) is 0 Å². The Morgan fingerprint density at radius 2 is 2.07 bits per heavy atom. The molecule has 0 aromatic carbocycles. The summed E-state index contributed by atoms with van der Waals surface area (Å²) in [5.74, 6) is 0.405. The summed E-state index contributed by atoms with van der Waals surface area (Å²) in [5.41, 5.74) is 0. The van der Waals surface area contributed by atoms with Crippen molar-refractivity contribution < 1.29 is 13.7 Å². The molecular weight excluding hydrogens is 232 g/mol. The molecule has 0 spiro atoms. The molecule has 1 aromatic heterocycles. The molecule has 0 N–H and O–H groups in total. The van der Waals surface area contributed by atoms with Crippen LogP contribution in [-0.4, -0.2) is 29.5 Å². The molecule has 1 heterocycles. The molecule has 3 nitrogen and oxygen atoms in total. The zero-order valence-electron chi connectivity index (χ0n) is 8.97. The Morgan fingerprint density at radius 1 is 1.40 bits per heavy atom. The van der Waals surface area contributed by atoms with Crippen LogP contribution in [-0.2, 0) is 20.3 Å². The van der Waals surface area contributed by atoms with Crippen LogP contribution in [0.1, 0.15) is 13.8 Å². The molecule has 15 heavy (non-hydrogen) atoms. The lowest BCUT2D eigenvalue weighted by Crippen LogP contribution is -2.24. The van der Waals surface area contributed by atoms with E-state index in [2.05, 4.69) is 0 Å². The fourth-order valence-electron chi connectivity index (χ4n) is 1.11. The second-order valence-corrected chi connectivity index (χ2v) is 5.45. The molecule has 0 amide bonds. The first-order valence-corrected chi connectivity index (χ1v) is 7.12. The van der Waals surface area contributed by atoms with Gasteiger partial charge in [-0.15, -0.1) is 11.3 Å². The number of rotatable bonds is 7. The van der Waals surface area contributed by atoms with Gasteiger partial charge in [-0.25, -0.2) is 0 Å². The summed E-state index contributed by atoms with van der Waals surface area (Å²) in [6.45, 7) is 4.96. The van der Waals surface area contributed by atoms with E-state index in [1.54, 1.807) is 0 Å². The second-order valence-electron chi connectivity index (χ2n) is 2.78. The van der Waals surface area contributed by atoms with Crippen molar-refractivity contribution in [2.24, 2.45) is 0 Å². The van der Waals surface area contributed by atoms with Crippen LogP contribution >= 0.6 is 11.3 Å². The Labute approximate surface area is 96.9 Å². The zero-order valence-corrected chi connectivity index (χ0v) is 10.6. The molecule has 0 bridgehead atoms. The minimum Gasteiger partial charge on any atom is -0.352 e. The van der Waals surface area contributed by atoms with E-state index in [1.165, 1.54) is 11.3 Å². The largest absolute Gasteiger partial charge is 0.352 e. The van der Waals surface area contributed by atoms with Gasteiger partial charge in [0, 0.05) is 13.2 Å². The molecule has 0 saturated carbocycles. The number of thiophene rings is 1. The number of ether oxygens (including phenoxy) is 2. The maximum absolute atomic E-state index is 11.8. The highest BCUT2D eigenvalue weighted by Crippen LogP contribution is 2.15. The summed E-state index contributed by atoms with van der Waals surface area (Å²) in [6, 6.07) is 3.77. The van der Waals surface area contributed by atoms with E-state index < -0.39 is 10.8 Å². The number of hydrogen-bond acceptors (Lipinski definition) is 4. The summed E-state index contributed by atoms with van der Waals surface area (Å²) in [7, 11) is -1.02. The Bertz CT molecular complexity index is 279. The average molecular weight is 248 g/mol. The standard InChI is InChI=1S/C10H16O3S2/c1-3-12-9(13-4-2)8-15(11)10-6-5-7-14-10/h5-7,9H,3-4,8H2,1-2H3. The molecule has 0 radical (unpaired) electrons. The average Bonchev–Trinajstić information content (AvgIpc) is 2.71. The summed E-state index contributed by atoms with van der Waals surface area (Å²) < 4.78 is 23.4. The molecule has 1 aromatic rings. The molecule has 1 rings (SSSR count). The van der Waals surface area contributed by atoms with Gasteiger partial charge in [-0.2, -0.15) is 0 Å². The van der Waals surface area contributed by atoms with Gasteiger partial charge in [0.1, 0.15) is 0 Å². The predicted molar refractivity (Wildman–Crippen MR) is 62.6 cm³/mol. The monoisotopic (exact) mass is 248 g/mol. The highest BCUT2D eigenvalue weighted by molar-refractivity contribution is 7.87. The van der Waals surface area contributed by atoms with Crippen LogP contribution in [0.5, 0.6) is 0 Å². The molecule has 0 saturated heterocycles. The first-order valence-electron chi connectivity index (χ1n) is 4.93. The number of hydrogen-bond donors (Lipinski definition) is 0. The van der Waals surface area contributed by atoms with E-state index in [0.717, 1.165) is 4.21 Å². The van der Waals surface area contributed by atoms with Crippen molar-refractivity contribution in [1.29, 1.82) is 0 Å². The van der Waals surface area contributed by atoms with Crippen LogP contribution in [0.25, 0.3) is 0 Å². The van der Waals surface area contributed by atoms with Crippen molar-refractivity contribution in [3.8, 4) is 0 Å². The van der Waals surface area contributed by atoms with Gasteiger partial charge < -0.3 is 9.47 Å². The fourth-order valence-corrected chi connectivity index (χ4v) is 3.20. The maximum atomic E-state index is 11.8. The van der Waals surface area contributed by atoms with Gasteiger partial charge in [-0.3, -0.25) is 4.21 Å². The van der Waals surface area contributed by atoms with Crippen molar-refractivity contribution in [1.82, 2.24) is 0 Å². The third kappa shape index (κ3) is 4.42. The van der Waals surface area contributed by atoms with Gasteiger partial charge in [0.15, 0.2) is 6.29 Å². The highest BCUT2D eigenvalue weighted by Gasteiger charge is 2.14. The molecule has 5 heteroatoms. The molecule has 1 unspecified atom stereocenters. The quantitative estimate of drug-likeness (QED) is 0.694. The Kier molecular flexibility index (Phi) is 6.09. The molecule has 0 fully saturated rings. The lowest BCUT2D eigenvalue weighted by molar-refractivity contribution is -0.120. The van der Waals surface area contributed by atoms with Gasteiger partial charge in [0.05, 0.1) is 20.8 Å². The summed E-state index contributed by atoms with van der Waals surface area (Å²) in [4.78, 5) is 0. The third-order valence-corrected chi connectivity index (χ3v) is 4.38. The molecule has 86 valence electrons. The van der Waals surface area contributed by atoms with E-state index in [1.807, 2.05) is 31.4 Å². The molecular formula is C10H16O3S2. The first kappa shape index (κ1) is 12.8. The summed E-state index contributed by atoms with van der Waals surface area (Å²) >= 11 is 1.50. The predicted octanol–water partition coefficient (Wildman–Crippen LogP) is 2.25. The van der Waals surface area contributed by atoms with Crippen LogP contribution in [0.3, 0.4) is 0 Å². The second kappa shape index (κ2) is 7.11. The van der Waals surface area contributed by atoms with Crippen molar-refractivity contribution in [2.45, 2.75) is 24.3 Å². The zero-order chi connectivity index (χ0) is 11.1. The lowest BCUT2D eigenvalue weighted by atomic mass is 10.7. The SMILES string of the molecule is CCOC(CS(=O)c1cccs1)OCC. The van der Waals surface area contributed by atoms with Crippen LogP contribution in [0, 0.1) is 0 Å².